The Morgan fingerprint density at radius 2 is 2.04 bits per heavy atom. The first-order valence-electron chi connectivity index (χ1n) is 8.42. The number of hydrogen-bond acceptors (Lipinski definition) is 4. The van der Waals surface area contributed by atoms with Gasteiger partial charge in [-0.3, -0.25) is 9.48 Å². The normalized spacial score (nSPS) is 25.7. The lowest BCUT2D eigenvalue weighted by atomic mass is 10.1. The Bertz CT molecular complexity index is 716. The van der Waals surface area contributed by atoms with Crippen LogP contribution in [0.2, 0.25) is 0 Å². The molecule has 4 rings (SSSR count). The Morgan fingerprint density at radius 1 is 1.25 bits per heavy atom. The SMILES string of the molecule is C[C@@H]1Oc2ccccc2O[C@@H]1C(=O)N1CCC[C@H]1Cn1cccn1. The minimum atomic E-state index is -0.599. The lowest BCUT2D eigenvalue weighted by molar-refractivity contribution is -0.145. The second-order valence-corrected chi connectivity index (χ2v) is 6.36. The summed E-state index contributed by atoms with van der Waals surface area (Å²) >= 11 is 0. The highest BCUT2D eigenvalue weighted by Gasteiger charge is 2.40. The van der Waals surface area contributed by atoms with E-state index >= 15 is 0 Å². The predicted octanol–water partition coefficient (Wildman–Crippen LogP) is 2.10. The minimum absolute atomic E-state index is 0.00617. The van der Waals surface area contributed by atoms with Crippen LogP contribution in [0.4, 0.5) is 0 Å². The number of benzene rings is 1. The fourth-order valence-electron chi connectivity index (χ4n) is 3.49. The highest BCUT2D eigenvalue weighted by Crippen LogP contribution is 2.34. The van der Waals surface area contributed by atoms with Crippen LogP contribution < -0.4 is 9.47 Å². The number of ether oxygens (including phenoxy) is 2. The van der Waals surface area contributed by atoms with E-state index in [9.17, 15) is 4.79 Å². The van der Waals surface area contributed by atoms with Gasteiger partial charge in [0.15, 0.2) is 11.5 Å². The summed E-state index contributed by atoms with van der Waals surface area (Å²) in [7, 11) is 0. The van der Waals surface area contributed by atoms with Gasteiger partial charge in [-0.05, 0) is 38.0 Å². The van der Waals surface area contributed by atoms with Crippen molar-refractivity contribution in [2.45, 2.75) is 44.6 Å². The summed E-state index contributed by atoms with van der Waals surface area (Å²) in [6.45, 7) is 3.37. The maximum atomic E-state index is 13.1. The third-order valence-electron chi connectivity index (χ3n) is 4.70. The second-order valence-electron chi connectivity index (χ2n) is 6.36. The second kappa shape index (κ2) is 6.19. The van der Waals surface area contributed by atoms with Crippen molar-refractivity contribution < 1.29 is 14.3 Å². The average Bonchev–Trinajstić information content (AvgIpc) is 3.26. The first kappa shape index (κ1) is 15.1. The molecule has 1 aromatic carbocycles. The molecule has 2 aliphatic heterocycles. The molecule has 126 valence electrons. The number of nitrogens with zero attached hydrogens (tertiary/aromatic N) is 3. The number of carbonyl (C=O) groups is 1. The van der Waals surface area contributed by atoms with Gasteiger partial charge in [0.1, 0.15) is 6.10 Å². The van der Waals surface area contributed by atoms with E-state index in [0.717, 1.165) is 25.9 Å². The van der Waals surface area contributed by atoms with E-state index in [1.54, 1.807) is 6.20 Å². The van der Waals surface area contributed by atoms with Crippen LogP contribution in [0.25, 0.3) is 0 Å². The number of amides is 1. The van der Waals surface area contributed by atoms with Gasteiger partial charge in [0.05, 0.1) is 12.6 Å². The van der Waals surface area contributed by atoms with Gasteiger partial charge in [0.25, 0.3) is 5.91 Å². The highest BCUT2D eigenvalue weighted by atomic mass is 16.6. The Balaban J connectivity index is 1.50. The van der Waals surface area contributed by atoms with E-state index in [0.29, 0.717) is 11.5 Å². The first-order chi connectivity index (χ1) is 11.7. The first-order valence-corrected chi connectivity index (χ1v) is 8.42. The monoisotopic (exact) mass is 327 g/mol. The molecule has 0 spiro atoms. The summed E-state index contributed by atoms with van der Waals surface area (Å²) in [6, 6.07) is 9.55. The molecule has 0 radical (unpaired) electrons. The van der Waals surface area contributed by atoms with E-state index in [-0.39, 0.29) is 18.1 Å². The Morgan fingerprint density at radius 3 is 2.79 bits per heavy atom. The number of likely N-dealkylation sites (tertiary alicyclic amines) is 1. The lowest BCUT2D eigenvalue weighted by Crippen LogP contribution is -2.52. The third kappa shape index (κ3) is 2.72. The Kier molecular flexibility index (Phi) is 3.88. The van der Waals surface area contributed by atoms with Gasteiger partial charge in [0.2, 0.25) is 6.10 Å². The number of carbonyl (C=O) groups excluding carboxylic acids is 1. The Hall–Kier alpha value is -2.50. The summed E-state index contributed by atoms with van der Waals surface area (Å²) in [5.74, 6) is 1.34. The summed E-state index contributed by atoms with van der Waals surface area (Å²) < 4.78 is 13.7. The molecule has 0 bridgehead atoms. The molecule has 3 heterocycles. The maximum Gasteiger partial charge on any atom is 0.267 e. The quantitative estimate of drug-likeness (QED) is 0.866. The molecule has 2 aliphatic rings. The summed E-state index contributed by atoms with van der Waals surface area (Å²) in [6.07, 6.45) is 4.79. The van der Waals surface area contributed by atoms with E-state index in [1.165, 1.54) is 0 Å². The largest absolute Gasteiger partial charge is 0.482 e. The molecule has 0 unspecified atom stereocenters. The van der Waals surface area contributed by atoms with Gasteiger partial charge in [-0.2, -0.15) is 5.10 Å². The van der Waals surface area contributed by atoms with Crippen LogP contribution in [0.5, 0.6) is 11.5 Å². The molecule has 1 aromatic heterocycles. The molecular formula is C18H21N3O3. The summed E-state index contributed by atoms with van der Waals surface area (Å²) in [4.78, 5) is 15.0. The smallest absolute Gasteiger partial charge is 0.267 e. The van der Waals surface area contributed by atoms with Crippen molar-refractivity contribution in [3.63, 3.8) is 0 Å². The van der Waals surface area contributed by atoms with Crippen molar-refractivity contribution in [2.24, 2.45) is 0 Å². The summed E-state index contributed by atoms with van der Waals surface area (Å²) in [5, 5.41) is 4.25. The van der Waals surface area contributed by atoms with E-state index in [2.05, 4.69) is 5.10 Å². The van der Waals surface area contributed by atoms with E-state index in [1.807, 2.05) is 53.0 Å². The zero-order valence-electron chi connectivity index (χ0n) is 13.7. The molecule has 0 aliphatic carbocycles. The molecule has 0 saturated carbocycles. The summed E-state index contributed by atoms with van der Waals surface area (Å²) in [5.41, 5.74) is 0. The van der Waals surface area contributed by atoms with Crippen molar-refractivity contribution in [2.75, 3.05) is 6.54 Å². The topological polar surface area (TPSA) is 56.6 Å². The number of hydrogen-bond donors (Lipinski definition) is 0. The molecule has 2 aromatic rings. The fourth-order valence-corrected chi connectivity index (χ4v) is 3.49. The number of para-hydroxylation sites is 2. The van der Waals surface area contributed by atoms with Crippen LogP contribution in [-0.4, -0.2) is 45.4 Å². The van der Waals surface area contributed by atoms with Crippen LogP contribution in [-0.2, 0) is 11.3 Å². The number of rotatable bonds is 3. The van der Waals surface area contributed by atoms with Gasteiger partial charge in [0, 0.05) is 18.9 Å². The molecule has 1 saturated heterocycles. The van der Waals surface area contributed by atoms with E-state index in [4.69, 9.17) is 9.47 Å². The van der Waals surface area contributed by atoms with Gasteiger partial charge >= 0.3 is 0 Å². The molecule has 6 nitrogen and oxygen atoms in total. The predicted molar refractivity (Wildman–Crippen MR) is 87.9 cm³/mol. The maximum absolute atomic E-state index is 13.1. The van der Waals surface area contributed by atoms with Crippen molar-refractivity contribution in [1.29, 1.82) is 0 Å². The average molecular weight is 327 g/mol. The molecule has 6 heteroatoms. The Labute approximate surface area is 141 Å². The zero-order valence-corrected chi connectivity index (χ0v) is 13.7. The minimum Gasteiger partial charge on any atom is -0.482 e. The number of aromatic nitrogens is 2. The van der Waals surface area contributed by atoms with Crippen LogP contribution in [0.15, 0.2) is 42.7 Å². The van der Waals surface area contributed by atoms with Crippen LogP contribution in [0, 0.1) is 0 Å². The van der Waals surface area contributed by atoms with Crippen molar-refractivity contribution in [3.05, 3.63) is 42.7 Å². The van der Waals surface area contributed by atoms with Crippen molar-refractivity contribution in [3.8, 4) is 11.5 Å². The molecule has 1 amide bonds. The standard InChI is InChI=1S/C18H21N3O3/c1-13-17(24-16-8-3-2-7-15(16)23-13)18(22)21-11-4-6-14(21)12-20-10-5-9-19-20/h2-3,5,7-10,13-14,17H,4,6,11-12H2,1H3/t13-,14-,17-/m0/s1. The molecular weight excluding hydrogens is 306 g/mol. The van der Waals surface area contributed by atoms with Gasteiger partial charge < -0.3 is 14.4 Å². The van der Waals surface area contributed by atoms with Crippen LogP contribution in [0.3, 0.4) is 0 Å². The van der Waals surface area contributed by atoms with Crippen molar-refractivity contribution in [1.82, 2.24) is 14.7 Å². The molecule has 24 heavy (non-hydrogen) atoms. The van der Waals surface area contributed by atoms with E-state index < -0.39 is 6.10 Å². The molecule has 3 atom stereocenters. The van der Waals surface area contributed by atoms with Crippen molar-refractivity contribution >= 4 is 5.91 Å². The van der Waals surface area contributed by atoms with Gasteiger partial charge in [-0.25, -0.2) is 0 Å². The van der Waals surface area contributed by atoms with Crippen LogP contribution in [0.1, 0.15) is 19.8 Å². The lowest BCUT2D eigenvalue weighted by Gasteiger charge is -2.35. The highest BCUT2D eigenvalue weighted by molar-refractivity contribution is 5.83. The van der Waals surface area contributed by atoms with Crippen LogP contribution >= 0.6 is 0 Å². The third-order valence-corrected chi connectivity index (χ3v) is 4.70. The molecule has 0 N–H and O–H groups in total. The fraction of sp³-hybridized carbons (Fsp3) is 0.444. The zero-order chi connectivity index (χ0) is 16.5. The van der Waals surface area contributed by atoms with Gasteiger partial charge in [-0.15, -0.1) is 0 Å². The van der Waals surface area contributed by atoms with Gasteiger partial charge in [-0.1, -0.05) is 12.1 Å². The molecule has 1 fully saturated rings. The number of fused-ring (bicyclic) bond motifs is 1.